The highest BCUT2D eigenvalue weighted by Gasteiger charge is 2.25. The molecule has 0 N–H and O–H groups in total. The van der Waals surface area contributed by atoms with E-state index in [4.69, 9.17) is 14.7 Å². The SMILES string of the molecule is CCC1CCCCN1c1cc(C)nc(N2CCN(c3ccc(OC)cc3)CC2)n1. The molecule has 0 amide bonds. The third-order valence-electron chi connectivity index (χ3n) is 6.22. The Bertz CT molecular complexity index is 801. The van der Waals surface area contributed by atoms with Gasteiger partial charge in [-0.2, -0.15) is 4.98 Å². The van der Waals surface area contributed by atoms with Crippen LogP contribution in [0, 0.1) is 6.92 Å². The van der Waals surface area contributed by atoms with Gasteiger partial charge in [-0.1, -0.05) is 6.92 Å². The lowest BCUT2D eigenvalue weighted by Crippen LogP contribution is -2.47. The van der Waals surface area contributed by atoms with E-state index in [0.29, 0.717) is 6.04 Å². The standard InChI is InChI=1S/C23H33N5O/c1-4-19-7-5-6-12-28(19)22-17-18(2)24-23(25-22)27-15-13-26(14-16-27)20-8-10-21(29-3)11-9-20/h8-11,17,19H,4-7,12-16H2,1-3H3. The maximum absolute atomic E-state index is 5.27. The first-order valence-electron chi connectivity index (χ1n) is 10.9. The normalized spacial score (nSPS) is 20.1. The van der Waals surface area contributed by atoms with Crippen molar-refractivity contribution in [2.75, 3.05) is 54.5 Å². The van der Waals surface area contributed by atoms with Crippen molar-refractivity contribution in [1.82, 2.24) is 9.97 Å². The fourth-order valence-corrected chi connectivity index (χ4v) is 4.51. The zero-order chi connectivity index (χ0) is 20.2. The van der Waals surface area contributed by atoms with Crippen molar-refractivity contribution in [3.05, 3.63) is 36.0 Å². The van der Waals surface area contributed by atoms with Crippen molar-refractivity contribution < 1.29 is 4.74 Å². The van der Waals surface area contributed by atoms with E-state index in [2.05, 4.69) is 46.7 Å². The summed E-state index contributed by atoms with van der Waals surface area (Å²) in [7, 11) is 1.70. The van der Waals surface area contributed by atoms with Crippen LogP contribution in [0.1, 0.15) is 38.3 Å². The number of rotatable bonds is 5. The van der Waals surface area contributed by atoms with Gasteiger partial charge in [-0.05, 0) is 56.9 Å². The van der Waals surface area contributed by atoms with Gasteiger partial charge in [0, 0.05) is 56.2 Å². The molecule has 6 heteroatoms. The summed E-state index contributed by atoms with van der Waals surface area (Å²) in [6, 6.07) is 11.1. The molecule has 2 aliphatic rings. The minimum Gasteiger partial charge on any atom is -0.497 e. The molecule has 2 aliphatic heterocycles. The molecule has 4 rings (SSSR count). The van der Waals surface area contributed by atoms with Gasteiger partial charge in [0.2, 0.25) is 5.95 Å². The zero-order valence-electron chi connectivity index (χ0n) is 18.0. The average molecular weight is 396 g/mol. The van der Waals surface area contributed by atoms with E-state index in [1.807, 2.05) is 12.1 Å². The summed E-state index contributed by atoms with van der Waals surface area (Å²) in [6.07, 6.45) is 5.04. The Morgan fingerprint density at radius 3 is 2.38 bits per heavy atom. The van der Waals surface area contributed by atoms with Gasteiger partial charge in [0.05, 0.1) is 7.11 Å². The van der Waals surface area contributed by atoms with Crippen LogP contribution in [0.25, 0.3) is 0 Å². The lowest BCUT2D eigenvalue weighted by atomic mass is 10.00. The monoisotopic (exact) mass is 395 g/mol. The molecule has 2 saturated heterocycles. The van der Waals surface area contributed by atoms with E-state index in [1.54, 1.807) is 7.11 Å². The second kappa shape index (κ2) is 8.89. The number of nitrogens with zero attached hydrogens (tertiary/aromatic N) is 5. The van der Waals surface area contributed by atoms with Crippen LogP contribution < -0.4 is 19.4 Å². The minimum atomic E-state index is 0.609. The molecule has 3 heterocycles. The van der Waals surface area contributed by atoms with Crippen molar-refractivity contribution >= 4 is 17.5 Å². The number of piperazine rings is 1. The van der Waals surface area contributed by atoms with Crippen LogP contribution >= 0.6 is 0 Å². The molecule has 2 fully saturated rings. The van der Waals surface area contributed by atoms with Gasteiger partial charge in [-0.3, -0.25) is 0 Å². The largest absolute Gasteiger partial charge is 0.497 e. The fraction of sp³-hybridized carbons (Fsp3) is 0.565. The average Bonchev–Trinajstić information content (AvgIpc) is 2.79. The highest BCUT2D eigenvalue weighted by molar-refractivity contribution is 5.52. The molecule has 0 spiro atoms. The summed E-state index contributed by atoms with van der Waals surface area (Å²) >= 11 is 0. The van der Waals surface area contributed by atoms with Gasteiger partial charge in [0.15, 0.2) is 0 Å². The molecule has 1 aromatic heterocycles. The highest BCUT2D eigenvalue weighted by Crippen LogP contribution is 2.27. The number of benzene rings is 1. The first-order chi connectivity index (χ1) is 14.2. The first kappa shape index (κ1) is 19.8. The quantitative estimate of drug-likeness (QED) is 0.765. The van der Waals surface area contributed by atoms with Crippen molar-refractivity contribution in [2.45, 2.75) is 45.6 Å². The van der Waals surface area contributed by atoms with Crippen LogP contribution in [0.4, 0.5) is 17.5 Å². The highest BCUT2D eigenvalue weighted by atomic mass is 16.5. The summed E-state index contributed by atoms with van der Waals surface area (Å²) in [5.74, 6) is 2.89. The van der Waals surface area contributed by atoms with Crippen molar-refractivity contribution in [2.24, 2.45) is 0 Å². The Hall–Kier alpha value is -2.50. The third-order valence-corrected chi connectivity index (χ3v) is 6.22. The molecular formula is C23H33N5O. The van der Waals surface area contributed by atoms with E-state index in [0.717, 1.165) is 55.9 Å². The van der Waals surface area contributed by atoms with E-state index >= 15 is 0 Å². The number of methoxy groups -OCH3 is 1. The van der Waals surface area contributed by atoms with Gasteiger partial charge >= 0.3 is 0 Å². The van der Waals surface area contributed by atoms with Gasteiger partial charge in [-0.25, -0.2) is 4.98 Å². The van der Waals surface area contributed by atoms with Gasteiger partial charge in [0.25, 0.3) is 0 Å². The summed E-state index contributed by atoms with van der Waals surface area (Å²) in [4.78, 5) is 17.0. The van der Waals surface area contributed by atoms with Gasteiger partial charge in [-0.15, -0.1) is 0 Å². The topological polar surface area (TPSA) is 44.7 Å². The summed E-state index contributed by atoms with van der Waals surface area (Å²) < 4.78 is 5.27. The Morgan fingerprint density at radius 1 is 0.966 bits per heavy atom. The lowest BCUT2D eigenvalue weighted by Gasteiger charge is -2.38. The second-order valence-electron chi connectivity index (χ2n) is 8.09. The lowest BCUT2D eigenvalue weighted by molar-refractivity contribution is 0.415. The van der Waals surface area contributed by atoms with E-state index in [-0.39, 0.29) is 0 Å². The van der Waals surface area contributed by atoms with Crippen LogP contribution in [0.2, 0.25) is 0 Å². The minimum absolute atomic E-state index is 0.609. The number of anilines is 3. The van der Waals surface area contributed by atoms with Gasteiger partial charge < -0.3 is 19.4 Å². The van der Waals surface area contributed by atoms with E-state index in [1.165, 1.54) is 31.4 Å². The molecule has 1 unspecified atom stereocenters. The Balaban J connectivity index is 1.46. The molecular weight excluding hydrogens is 362 g/mol. The molecule has 156 valence electrons. The summed E-state index contributed by atoms with van der Waals surface area (Å²) in [5.41, 5.74) is 2.30. The van der Waals surface area contributed by atoms with Crippen molar-refractivity contribution in [1.29, 1.82) is 0 Å². The number of aromatic nitrogens is 2. The van der Waals surface area contributed by atoms with Gasteiger partial charge in [0.1, 0.15) is 11.6 Å². The number of piperidine rings is 1. The zero-order valence-corrected chi connectivity index (χ0v) is 18.0. The molecule has 1 atom stereocenters. The van der Waals surface area contributed by atoms with Crippen LogP contribution in [0.5, 0.6) is 5.75 Å². The molecule has 2 aromatic rings. The van der Waals surface area contributed by atoms with Crippen LogP contribution in [-0.2, 0) is 0 Å². The molecule has 0 bridgehead atoms. The molecule has 29 heavy (non-hydrogen) atoms. The van der Waals surface area contributed by atoms with E-state index < -0.39 is 0 Å². The maximum atomic E-state index is 5.27. The Kier molecular flexibility index (Phi) is 6.07. The molecule has 0 aliphatic carbocycles. The molecule has 1 aromatic carbocycles. The molecule has 6 nitrogen and oxygen atoms in total. The number of hydrogen-bond acceptors (Lipinski definition) is 6. The van der Waals surface area contributed by atoms with Crippen molar-refractivity contribution in [3.8, 4) is 5.75 Å². The van der Waals surface area contributed by atoms with Crippen LogP contribution in [0.3, 0.4) is 0 Å². The molecule has 0 saturated carbocycles. The van der Waals surface area contributed by atoms with E-state index in [9.17, 15) is 0 Å². The predicted octanol–water partition coefficient (Wildman–Crippen LogP) is 3.89. The predicted molar refractivity (Wildman–Crippen MR) is 119 cm³/mol. The summed E-state index contributed by atoms with van der Waals surface area (Å²) in [6.45, 7) is 9.31. The first-order valence-corrected chi connectivity index (χ1v) is 10.9. The summed E-state index contributed by atoms with van der Waals surface area (Å²) in [5, 5.41) is 0. The number of aryl methyl sites for hydroxylation is 1. The Morgan fingerprint density at radius 2 is 1.69 bits per heavy atom. The maximum Gasteiger partial charge on any atom is 0.227 e. The van der Waals surface area contributed by atoms with Crippen LogP contribution in [-0.4, -0.2) is 55.8 Å². The number of hydrogen-bond donors (Lipinski definition) is 0. The Labute approximate surface area is 174 Å². The molecule has 0 radical (unpaired) electrons. The third kappa shape index (κ3) is 4.41. The second-order valence-corrected chi connectivity index (χ2v) is 8.09. The number of ether oxygens (including phenoxy) is 1. The van der Waals surface area contributed by atoms with Crippen LogP contribution in [0.15, 0.2) is 30.3 Å². The van der Waals surface area contributed by atoms with Crippen molar-refractivity contribution in [3.63, 3.8) is 0 Å². The fourth-order valence-electron chi connectivity index (χ4n) is 4.51. The smallest absolute Gasteiger partial charge is 0.227 e.